The summed E-state index contributed by atoms with van der Waals surface area (Å²) in [5.41, 5.74) is 2.72. The van der Waals surface area contributed by atoms with Crippen LogP contribution in [0.2, 0.25) is 5.02 Å². The molecule has 1 atom stereocenters. The third kappa shape index (κ3) is 5.29. The molecule has 8 nitrogen and oxygen atoms in total. The average Bonchev–Trinajstić information content (AvgIpc) is 3.01. The Morgan fingerprint density at radius 2 is 2.12 bits per heavy atom. The van der Waals surface area contributed by atoms with Gasteiger partial charge in [0.1, 0.15) is 0 Å². The number of fused-ring (bicyclic) bond motifs is 1. The number of aryl methyl sites for hydroxylation is 1. The molecule has 2 N–H and O–H groups in total. The van der Waals surface area contributed by atoms with Crippen LogP contribution in [-0.2, 0) is 4.79 Å². The summed E-state index contributed by atoms with van der Waals surface area (Å²) in [5.74, 6) is 0.137. The third-order valence-corrected chi connectivity index (χ3v) is 6.26. The Labute approximate surface area is 204 Å². The van der Waals surface area contributed by atoms with E-state index in [1.165, 1.54) is 0 Å². The Kier molecular flexibility index (Phi) is 7.59. The second kappa shape index (κ2) is 10.8. The highest BCUT2D eigenvalue weighted by Gasteiger charge is 2.27. The molecule has 3 aromatic rings. The Balaban J connectivity index is 1.70. The quantitative estimate of drug-likeness (QED) is 0.521. The van der Waals surface area contributed by atoms with Crippen molar-refractivity contribution in [3.05, 3.63) is 65.0 Å². The van der Waals surface area contributed by atoms with Crippen LogP contribution in [0.4, 0.5) is 5.95 Å². The number of benzene rings is 1. The van der Waals surface area contributed by atoms with E-state index in [2.05, 4.69) is 15.6 Å². The molecule has 3 heterocycles. The van der Waals surface area contributed by atoms with E-state index < -0.39 is 0 Å². The first-order valence-electron chi connectivity index (χ1n) is 11.5. The summed E-state index contributed by atoms with van der Waals surface area (Å²) in [5, 5.41) is 6.54. The van der Waals surface area contributed by atoms with Gasteiger partial charge in [-0.15, -0.1) is 0 Å². The van der Waals surface area contributed by atoms with Crippen molar-refractivity contribution in [3.63, 3.8) is 0 Å². The van der Waals surface area contributed by atoms with Crippen molar-refractivity contribution in [2.24, 2.45) is 0 Å². The number of likely N-dealkylation sites (tertiary alicyclic amines) is 1. The minimum Gasteiger partial charge on any atom is -0.337 e. The molecule has 178 valence electrons. The van der Waals surface area contributed by atoms with E-state index in [0.29, 0.717) is 41.7 Å². The highest BCUT2D eigenvalue weighted by atomic mass is 35.5. The van der Waals surface area contributed by atoms with Gasteiger partial charge in [0.15, 0.2) is 0 Å². The van der Waals surface area contributed by atoms with Gasteiger partial charge < -0.3 is 14.8 Å². The monoisotopic (exact) mass is 480 g/mol. The van der Waals surface area contributed by atoms with E-state index >= 15 is 0 Å². The molecule has 1 aromatic carbocycles. The van der Waals surface area contributed by atoms with Gasteiger partial charge in [-0.05, 0) is 57.5 Å². The van der Waals surface area contributed by atoms with Crippen molar-refractivity contribution in [3.8, 4) is 0 Å². The molecular weight excluding hydrogens is 452 g/mol. The molecule has 1 unspecified atom stereocenters. The van der Waals surface area contributed by atoms with E-state index in [1.807, 2.05) is 47.7 Å². The molecule has 0 spiro atoms. The second-order valence-electron chi connectivity index (χ2n) is 8.45. The molecule has 0 radical (unpaired) electrons. The number of halogens is 1. The Bertz CT molecular complexity index is 1220. The zero-order chi connectivity index (χ0) is 24.1. The molecule has 0 aliphatic carbocycles. The average molecular weight is 481 g/mol. The second-order valence-corrected chi connectivity index (χ2v) is 8.85. The first-order valence-corrected chi connectivity index (χ1v) is 11.9. The molecule has 34 heavy (non-hydrogen) atoms. The predicted octanol–water partition coefficient (Wildman–Crippen LogP) is 3.97. The fourth-order valence-electron chi connectivity index (χ4n) is 4.32. The number of anilines is 1. The van der Waals surface area contributed by atoms with Crippen LogP contribution >= 0.6 is 11.6 Å². The van der Waals surface area contributed by atoms with Crippen molar-refractivity contribution >= 4 is 40.4 Å². The summed E-state index contributed by atoms with van der Waals surface area (Å²) >= 11 is 6.61. The standard InChI is InChI=1S/C25H29ClN6O2/c1-17-15-18(11-13-28-17)24(34)30-25-29-21-9-5-8-20(26)23(21)32(25)19-7-3-4-14-31(16-19)22(33)10-6-12-27-2/h5-6,8-11,13,15,19,27H,3-4,7,12,14,16H2,1-2H3,(H,29,30,34)/b10-6+. The maximum absolute atomic E-state index is 13.0. The zero-order valence-corrected chi connectivity index (χ0v) is 20.2. The fourth-order valence-corrected chi connectivity index (χ4v) is 4.58. The minimum atomic E-state index is -0.269. The van der Waals surface area contributed by atoms with Crippen molar-refractivity contribution in [1.29, 1.82) is 0 Å². The summed E-state index contributed by atoms with van der Waals surface area (Å²) < 4.78 is 1.99. The van der Waals surface area contributed by atoms with Gasteiger partial charge in [-0.1, -0.05) is 23.7 Å². The molecule has 2 aromatic heterocycles. The van der Waals surface area contributed by atoms with Crippen molar-refractivity contribution < 1.29 is 9.59 Å². The van der Waals surface area contributed by atoms with Crippen LogP contribution in [0, 0.1) is 6.92 Å². The highest BCUT2D eigenvalue weighted by molar-refractivity contribution is 6.35. The van der Waals surface area contributed by atoms with Gasteiger partial charge in [0, 0.05) is 43.2 Å². The van der Waals surface area contributed by atoms with Crippen LogP contribution in [0.5, 0.6) is 0 Å². The molecule has 9 heteroatoms. The van der Waals surface area contributed by atoms with Crippen molar-refractivity contribution in [2.45, 2.75) is 32.2 Å². The summed E-state index contributed by atoms with van der Waals surface area (Å²) in [6.07, 6.45) is 7.77. The molecule has 0 bridgehead atoms. The molecule has 4 rings (SSSR count). The lowest BCUT2D eigenvalue weighted by Gasteiger charge is -2.26. The van der Waals surface area contributed by atoms with Crippen LogP contribution in [0.15, 0.2) is 48.7 Å². The largest absolute Gasteiger partial charge is 0.337 e. The van der Waals surface area contributed by atoms with Gasteiger partial charge in [0.25, 0.3) is 5.91 Å². The number of pyridine rings is 1. The number of para-hydroxylation sites is 1. The third-order valence-electron chi connectivity index (χ3n) is 5.95. The maximum Gasteiger partial charge on any atom is 0.258 e. The number of carbonyl (C=O) groups excluding carboxylic acids is 2. The molecular formula is C25H29ClN6O2. The van der Waals surface area contributed by atoms with Gasteiger partial charge in [-0.2, -0.15) is 0 Å². The maximum atomic E-state index is 13.0. The van der Waals surface area contributed by atoms with Crippen LogP contribution in [0.3, 0.4) is 0 Å². The number of nitrogens with one attached hydrogen (secondary N) is 2. The Morgan fingerprint density at radius 1 is 1.26 bits per heavy atom. The number of carbonyl (C=O) groups is 2. The van der Waals surface area contributed by atoms with Gasteiger partial charge >= 0.3 is 0 Å². The first-order chi connectivity index (χ1) is 16.5. The minimum absolute atomic E-state index is 0.0180. The van der Waals surface area contributed by atoms with Crippen molar-refractivity contribution in [1.82, 2.24) is 24.8 Å². The van der Waals surface area contributed by atoms with E-state index in [1.54, 1.807) is 24.4 Å². The number of nitrogens with zero attached hydrogens (tertiary/aromatic N) is 4. The number of likely N-dealkylation sites (N-methyl/N-ethyl adjacent to an activating group) is 1. The van der Waals surface area contributed by atoms with E-state index in [-0.39, 0.29) is 17.9 Å². The van der Waals surface area contributed by atoms with Gasteiger partial charge in [0.05, 0.1) is 22.1 Å². The molecule has 1 aliphatic heterocycles. The number of hydrogen-bond donors (Lipinski definition) is 2. The summed E-state index contributed by atoms with van der Waals surface area (Å²) in [7, 11) is 1.84. The van der Waals surface area contributed by atoms with Crippen LogP contribution < -0.4 is 10.6 Å². The van der Waals surface area contributed by atoms with Gasteiger partial charge in [0.2, 0.25) is 11.9 Å². The Hall–Kier alpha value is -3.23. The van der Waals surface area contributed by atoms with E-state index in [4.69, 9.17) is 16.6 Å². The summed E-state index contributed by atoms with van der Waals surface area (Å²) in [6, 6.07) is 8.87. The summed E-state index contributed by atoms with van der Waals surface area (Å²) in [4.78, 5) is 36.6. The van der Waals surface area contributed by atoms with Crippen LogP contribution in [0.1, 0.15) is 41.4 Å². The molecule has 1 fully saturated rings. The normalized spacial score (nSPS) is 16.7. The smallest absolute Gasteiger partial charge is 0.258 e. The van der Waals surface area contributed by atoms with E-state index in [0.717, 1.165) is 30.5 Å². The lowest BCUT2D eigenvalue weighted by molar-refractivity contribution is -0.126. The SMILES string of the molecule is CNC/C=C/C(=O)N1CCCCC(n2c(NC(=O)c3ccnc(C)c3)nc3cccc(Cl)c32)C1. The number of amides is 2. The van der Waals surface area contributed by atoms with E-state index in [9.17, 15) is 9.59 Å². The Morgan fingerprint density at radius 3 is 2.91 bits per heavy atom. The zero-order valence-electron chi connectivity index (χ0n) is 19.4. The molecule has 0 saturated carbocycles. The lowest BCUT2D eigenvalue weighted by Crippen LogP contribution is -2.34. The fraction of sp³-hybridized carbons (Fsp3) is 0.360. The number of imidazole rings is 1. The number of rotatable bonds is 6. The van der Waals surface area contributed by atoms with Gasteiger partial charge in [-0.25, -0.2) is 4.98 Å². The highest BCUT2D eigenvalue weighted by Crippen LogP contribution is 2.34. The van der Waals surface area contributed by atoms with Gasteiger partial charge in [-0.3, -0.25) is 19.9 Å². The molecule has 2 amide bonds. The first kappa shape index (κ1) is 23.9. The number of hydrogen-bond acceptors (Lipinski definition) is 5. The molecule has 1 aliphatic rings. The van der Waals surface area contributed by atoms with Crippen molar-refractivity contribution in [2.75, 3.05) is 32.0 Å². The predicted molar refractivity (Wildman–Crippen MR) is 134 cm³/mol. The lowest BCUT2D eigenvalue weighted by atomic mass is 10.1. The summed E-state index contributed by atoms with van der Waals surface area (Å²) in [6.45, 7) is 3.68. The van der Waals surface area contributed by atoms with Crippen LogP contribution in [0.25, 0.3) is 11.0 Å². The number of aromatic nitrogens is 3. The van der Waals surface area contributed by atoms with Crippen LogP contribution in [-0.4, -0.2) is 57.9 Å². The topological polar surface area (TPSA) is 92.2 Å². The molecule has 1 saturated heterocycles.